The molecular weight excluding hydrogens is 528 g/mol. The minimum Gasteiger partial charge on any atom is -0.368 e. The highest BCUT2D eigenvalue weighted by atomic mass is 32.2. The fourth-order valence-electron chi connectivity index (χ4n) is 4.41. The second kappa shape index (κ2) is 10.1. The smallest absolute Gasteiger partial charge is 0.368 e. The van der Waals surface area contributed by atoms with Gasteiger partial charge < -0.3 is 15.1 Å². The third-order valence-corrected chi connectivity index (χ3v) is 7.88. The van der Waals surface area contributed by atoms with E-state index < -0.39 is 55.8 Å². The Labute approximate surface area is 217 Å². The van der Waals surface area contributed by atoms with Gasteiger partial charge in [-0.15, -0.1) is 0 Å². The topological polar surface area (TPSA) is 116 Å². The number of sulfonamides is 1. The average molecular weight is 555 g/mol. The molecule has 204 valence electrons. The summed E-state index contributed by atoms with van der Waals surface area (Å²) in [5.41, 5.74) is -2.79. The Bertz CT molecular complexity index is 1450. The van der Waals surface area contributed by atoms with Crippen LogP contribution in [0.1, 0.15) is 30.9 Å². The number of alkyl halides is 3. The van der Waals surface area contributed by atoms with E-state index in [4.69, 9.17) is 0 Å². The fourth-order valence-corrected chi connectivity index (χ4v) is 5.37. The number of aliphatic hydroxyl groups is 2. The molecule has 1 atom stereocenters. The van der Waals surface area contributed by atoms with Crippen molar-refractivity contribution in [2.24, 2.45) is 5.41 Å². The molecule has 1 fully saturated rings. The van der Waals surface area contributed by atoms with Crippen molar-refractivity contribution in [3.8, 4) is 11.3 Å². The zero-order valence-electron chi connectivity index (χ0n) is 20.5. The number of piperidine rings is 1. The second-order valence-electron chi connectivity index (χ2n) is 9.50. The van der Waals surface area contributed by atoms with Crippen molar-refractivity contribution in [2.45, 2.75) is 44.2 Å². The first-order valence-electron chi connectivity index (χ1n) is 11.7. The lowest BCUT2D eigenvalue weighted by atomic mass is 9.81. The van der Waals surface area contributed by atoms with E-state index in [-0.39, 0.29) is 23.5 Å². The number of hydrogen-bond donors (Lipinski definition) is 3. The Morgan fingerprint density at radius 1 is 1.08 bits per heavy atom. The van der Waals surface area contributed by atoms with Crippen LogP contribution in [-0.4, -0.2) is 48.0 Å². The van der Waals surface area contributed by atoms with Gasteiger partial charge in [-0.3, -0.25) is 4.72 Å². The van der Waals surface area contributed by atoms with Gasteiger partial charge in [0.15, 0.2) is 11.3 Å². The Balaban J connectivity index is 1.68. The molecule has 3 N–H and O–H groups in total. The van der Waals surface area contributed by atoms with Gasteiger partial charge in [0.1, 0.15) is 17.5 Å². The zero-order valence-corrected chi connectivity index (χ0v) is 21.3. The lowest BCUT2D eigenvalue weighted by molar-refractivity contribution is -0.137. The van der Waals surface area contributed by atoms with E-state index in [1.54, 1.807) is 17.9 Å². The molecule has 1 saturated heterocycles. The van der Waals surface area contributed by atoms with Crippen LogP contribution in [0, 0.1) is 18.2 Å². The largest absolute Gasteiger partial charge is 0.418 e. The minimum absolute atomic E-state index is 0.0681. The predicted octanol–water partition coefficient (Wildman–Crippen LogP) is 4.33. The first-order valence-corrected chi connectivity index (χ1v) is 13.1. The van der Waals surface area contributed by atoms with Gasteiger partial charge in [0.05, 0.1) is 11.3 Å². The van der Waals surface area contributed by atoms with Crippen LogP contribution in [0.3, 0.4) is 0 Å². The van der Waals surface area contributed by atoms with Gasteiger partial charge in [0, 0.05) is 24.1 Å². The number of benzene rings is 1. The normalized spacial score (nSPS) is 18.6. The van der Waals surface area contributed by atoms with Gasteiger partial charge in [-0.25, -0.2) is 14.4 Å². The molecule has 3 heterocycles. The SMILES string of the molecule is Cc1c(F)cccc1-c1nc(NS(=O)(=O)c2cccc(N3CCC[C@@](C)(C(O)O)C3)n2)ccc1C(F)(F)F. The second-order valence-corrected chi connectivity index (χ2v) is 11.1. The third-order valence-electron chi connectivity index (χ3n) is 6.62. The van der Waals surface area contributed by atoms with E-state index in [0.29, 0.717) is 25.5 Å². The van der Waals surface area contributed by atoms with Crippen LogP contribution in [0.25, 0.3) is 11.3 Å². The summed E-state index contributed by atoms with van der Waals surface area (Å²) >= 11 is 0. The van der Waals surface area contributed by atoms with E-state index in [2.05, 4.69) is 14.7 Å². The molecule has 0 unspecified atom stereocenters. The maximum atomic E-state index is 14.1. The van der Waals surface area contributed by atoms with Crippen molar-refractivity contribution < 1.29 is 36.2 Å². The number of nitrogens with one attached hydrogen (secondary N) is 1. The van der Waals surface area contributed by atoms with Crippen molar-refractivity contribution >= 4 is 21.7 Å². The van der Waals surface area contributed by atoms with Crippen molar-refractivity contribution in [1.29, 1.82) is 0 Å². The predicted molar refractivity (Wildman–Crippen MR) is 132 cm³/mol. The summed E-state index contributed by atoms with van der Waals surface area (Å²) in [6, 6.07) is 9.43. The average Bonchev–Trinajstić information content (AvgIpc) is 2.85. The van der Waals surface area contributed by atoms with Crippen molar-refractivity contribution in [3.05, 3.63) is 65.5 Å². The van der Waals surface area contributed by atoms with Crippen LogP contribution in [0.15, 0.2) is 53.6 Å². The number of hydrogen-bond acceptors (Lipinski definition) is 7. The van der Waals surface area contributed by atoms with Crippen molar-refractivity contribution in [2.75, 3.05) is 22.7 Å². The standard InChI is InChI=1S/C25H26F4N4O4S/c1-15-16(6-3-7-18(15)26)22-17(25(27,28)29)10-11-19(30-22)32-38(36,37)21-9-4-8-20(31-21)33-13-5-12-24(2,14-33)23(34)35/h3-4,6-11,23,34-35H,5,12-14H2,1-2H3,(H,30,32)/t24-/m1/s1. The molecule has 2 aromatic heterocycles. The first-order chi connectivity index (χ1) is 17.7. The van der Waals surface area contributed by atoms with Crippen molar-refractivity contribution in [1.82, 2.24) is 9.97 Å². The highest BCUT2D eigenvalue weighted by Crippen LogP contribution is 2.38. The van der Waals surface area contributed by atoms with Crippen molar-refractivity contribution in [3.63, 3.8) is 0 Å². The number of nitrogens with zero attached hydrogens (tertiary/aromatic N) is 3. The molecule has 0 bridgehead atoms. The Morgan fingerprint density at radius 3 is 2.47 bits per heavy atom. The maximum Gasteiger partial charge on any atom is 0.418 e. The molecule has 0 aliphatic carbocycles. The summed E-state index contributed by atoms with van der Waals surface area (Å²) in [5, 5.41) is 19.1. The van der Waals surface area contributed by atoms with Crippen LogP contribution in [0.5, 0.6) is 0 Å². The summed E-state index contributed by atoms with van der Waals surface area (Å²) < 4.78 is 83.7. The molecule has 1 aliphatic heterocycles. The molecular formula is C25H26F4N4O4S. The molecule has 38 heavy (non-hydrogen) atoms. The molecule has 1 aromatic carbocycles. The van der Waals surface area contributed by atoms with Crippen LogP contribution in [-0.2, 0) is 16.2 Å². The van der Waals surface area contributed by atoms with E-state index in [9.17, 15) is 36.2 Å². The van der Waals surface area contributed by atoms with E-state index in [1.807, 2.05) is 0 Å². The van der Waals surface area contributed by atoms with E-state index >= 15 is 0 Å². The zero-order chi connectivity index (χ0) is 27.9. The van der Waals surface area contributed by atoms with Gasteiger partial charge in [0.25, 0.3) is 10.0 Å². The van der Waals surface area contributed by atoms with E-state index in [1.165, 1.54) is 31.2 Å². The number of anilines is 2. The molecule has 8 nitrogen and oxygen atoms in total. The summed E-state index contributed by atoms with van der Waals surface area (Å²) in [6.45, 7) is 3.76. The Morgan fingerprint density at radius 2 is 1.79 bits per heavy atom. The molecule has 13 heteroatoms. The van der Waals surface area contributed by atoms with Gasteiger partial charge >= 0.3 is 6.18 Å². The van der Waals surface area contributed by atoms with E-state index in [0.717, 1.165) is 12.1 Å². The quantitative estimate of drug-likeness (QED) is 0.307. The number of aromatic nitrogens is 2. The molecule has 0 spiro atoms. The number of halogens is 4. The van der Waals surface area contributed by atoms with Gasteiger partial charge in [-0.05, 0) is 55.7 Å². The van der Waals surface area contributed by atoms with Crippen LogP contribution >= 0.6 is 0 Å². The van der Waals surface area contributed by atoms with Crippen LogP contribution < -0.4 is 9.62 Å². The van der Waals surface area contributed by atoms with Crippen LogP contribution in [0.2, 0.25) is 0 Å². The Hall–Kier alpha value is -3.29. The Kier molecular flexibility index (Phi) is 7.38. The number of aliphatic hydroxyl groups excluding tert-OH is 1. The first kappa shape index (κ1) is 27.7. The summed E-state index contributed by atoms with van der Waals surface area (Å²) in [5.74, 6) is -0.847. The summed E-state index contributed by atoms with van der Waals surface area (Å²) in [7, 11) is -4.39. The van der Waals surface area contributed by atoms with Crippen LogP contribution in [0.4, 0.5) is 29.2 Å². The lowest BCUT2D eigenvalue weighted by Crippen LogP contribution is -2.48. The lowest BCUT2D eigenvalue weighted by Gasteiger charge is -2.42. The minimum atomic E-state index is -4.82. The summed E-state index contributed by atoms with van der Waals surface area (Å²) in [4.78, 5) is 9.85. The highest BCUT2D eigenvalue weighted by Gasteiger charge is 2.38. The summed E-state index contributed by atoms with van der Waals surface area (Å²) in [6.07, 6.45) is -5.20. The monoisotopic (exact) mass is 554 g/mol. The highest BCUT2D eigenvalue weighted by molar-refractivity contribution is 7.92. The fraction of sp³-hybridized carbons (Fsp3) is 0.360. The molecule has 1 aliphatic rings. The maximum absolute atomic E-state index is 14.1. The van der Waals surface area contributed by atoms with Gasteiger partial charge in [0.2, 0.25) is 0 Å². The molecule has 3 aromatic rings. The van der Waals surface area contributed by atoms with Gasteiger partial charge in [-0.2, -0.15) is 21.6 Å². The van der Waals surface area contributed by atoms with Gasteiger partial charge in [-0.1, -0.05) is 25.1 Å². The number of pyridine rings is 2. The molecule has 0 amide bonds. The molecule has 4 rings (SSSR count). The molecule has 0 radical (unpaired) electrons. The number of rotatable bonds is 6. The molecule has 0 saturated carbocycles. The third kappa shape index (κ3) is 5.59.